The molecule has 2 atom stereocenters. The van der Waals surface area contributed by atoms with Crippen LogP contribution in [0.2, 0.25) is 0 Å². The van der Waals surface area contributed by atoms with Gasteiger partial charge >= 0.3 is 0 Å². The summed E-state index contributed by atoms with van der Waals surface area (Å²) in [5.74, 6) is 1.34. The Hall–Kier alpha value is -2.91. The average Bonchev–Trinajstić information content (AvgIpc) is 3.58. The standard InChI is InChI=1S/C28H40N6OS2/c1-7-20(2)27(29-21(3)23-14-17-34(18-23)37(5,6)35)22(4)30-28-32-25(19-36-28)24-12-11-13-26(31-24)33-15-9-8-10-16-33/h11-14,17-20,27,29,37H,3-4,7-10,15-16H2,1-2,5-6H3,(H,30,32). The number of pyridine rings is 1. The van der Waals surface area contributed by atoms with Crippen molar-refractivity contribution < 1.29 is 4.21 Å². The topological polar surface area (TPSA) is 75.1 Å². The van der Waals surface area contributed by atoms with Gasteiger partial charge in [0.1, 0.15) is 11.5 Å². The van der Waals surface area contributed by atoms with E-state index in [0.29, 0.717) is 5.92 Å². The number of thiazole rings is 1. The first-order valence-electron chi connectivity index (χ1n) is 13.0. The highest BCUT2D eigenvalue weighted by Crippen LogP contribution is 2.28. The average molecular weight is 541 g/mol. The Morgan fingerprint density at radius 1 is 1.14 bits per heavy atom. The van der Waals surface area contributed by atoms with Crippen LogP contribution in [0.1, 0.15) is 45.1 Å². The molecule has 37 heavy (non-hydrogen) atoms. The summed E-state index contributed by atoms with van der Waals surface area (Å²) in [4.78, 5) is 12.1. The predicted molar refractivity (Wildman–Crippen MR) is 161 cm³/mol. The summed E-state index contributed by atoms with van der Waals surface area (Å²) >= 11 is 1.55. The molecule has 200 valence electrons. The molecule has 1 aliphatic heterocycles. The molecule has 0 bridgehead atoms. The zero-order valence-electron chi connectivity index (χ0n) is 22.4. The Kier molecular flexibility index (Phi) is 8.54. The third-order valence-electron chi connectivity index (χ3n) is 6.95. The van der Waals surface area contributed by atoms with Crippen LogP contribution in [0.5, 0.6) is 0 Å². The van der Waals surface area contributed by atoms with E-state index in [1.807, 2.05) is 29.9 Å². The van der Waals surface area contributed by atoms with Crippen molar-refractivity contribution in [1.29, 1.82) is 0 Å². The lowest BCUT2D eigenvalue weighted by atomic mass is 9.96. The van der Waals surface area contributed by atoms with Crippen LogP contribution >= 0.6 is 11.3 Å². The minimum Gasteiger partial charge on any atom is -0.376 e. The van der Waals surface area contributed by atoms with E-state index in [0.717, 1.165) is 58.8 Å². The van der Waals surface area contributed by atoms with Crippen molar-refractivity contribution in [3.8, 4) is 11.4 Å². The van der Waals surface area contributed by atoms with Gasteiger partial charge in [-0.25, -0.2) is 9.97 Å². The van der Waals surface area contributed by atoms with Crippen LogP contribution in [-0.4, -0.2) is 49.8 Å². The SMILES string of the molecule is C=C(NC(C(=C)Nc1nc(-c2cccc(N3CCCCC3)n2)cs1)C(C)CC)c1ccn([SH](C)(C)=O)c1. The van der Waals surface area contributed by atoms with E-state index in [1.54, 1.807) is 27.8 Å². The second-order valence-corrected chi connectivity index (χ2v) is 14.1. The Morgan fingerprint density at radius 3 is 2.57 bits per heavy atom. The molecule has 1 fully saturated rings. The number of rotatable bonds is 11. The lowest BCUT2D eigenvalue weighted by molar-refractivity contribution is 0.452. The van der Waals surface area contributed by atoms with Crippen molar-refractivity contribution in [2.24, 2.45) is 5.92 Å². The van der Waals surface area contributed by atoms with Crippen molar-refractivity contribution in [3.63, 3.8) is 0 Å². The highest BCUT2D eigenvalue weighted by atomic mass is 32.3. The molecule has 9 heteroatoms. The first-order chi connectivity index (χ1) is 17.7. The molecule has 2 N–H and O–H groups in total. The Labute approximate surface area is 226 Å². The molecular formula is C28H40N6OS2. The molecule has 4 heterocycles. The molecule has 3 aromatic rings. The fourth-order valence-electron chi connectivity index (χ4n) is 4.47. The maximum Gasteiger partial charge on any atom is 0.187 e. The fourth-order valence-corrected chi connectivity index (χ4v) is 6.00. The first kappa shape index (κ1) is 27.1. The number of hydrogen-bond acceptors (Lipinski definition) is 7. The number of nitrogens with one attached hydrogen (secondary N) is 2. The highest BCUT2D eigenvalue weighted by molar-refractivity contribution is 8.00. The summed E-state index contributed by atoms with van der Waals surface area (Å²) in [6, 6.07) is 8.06. The zero-order chi connectivity index (χ0) is 26.6. The van der Waals surface area contributed by atoms with Crippen LogP contribution in [0.3, 0.4) is 0 Å². The number of aromatic nitrogens is 3. The van der Waals surface area contributed by atoms with Crippen LogP contribution in [0.15, 0.2) is 60.9 Å². The van der Waals surface area contributed by atoms with Crippen LogP contribution in [0.4, 0.5) is 10.9 Å². The first-order valence-corrected chi connectivity index (χ1v) is 16.4. The van der Waals surface area contributed by atoms with E-state index in [1.165, 1.54) is 19.3 Å². The summed E-state index contributed by atoms with van der Waals surface area (Å²) in [6.07, 6.45) is 12.0. The number of thiol groups is 1. The summed E-state index contributed by atoms with van der Waals surface area (Å²) < 4.78 is 14.2. The molecule has 0 radical (unpaired) electrons. The van der Waals surface area contributed by atoms with E-state index < -0.39 is 10.1 Å². The van der Waals surface area contributed by atoms with Gasteiger partial charge in [-0.3, -0.25) is 8.18 Å². The van der Waals surface area contributed by atoms with Crippen LogP contribution in [0.25, 0.3) is 17.1 Å². The van der Waals surface area contributed by atoms with Crippen LogP contribution in [-0.2, 0) is 10.1 Å². The molecule has 0 aromatic carbocycles. The van der Waals surface area contributed by atoms with Gasteiger partial charge in [0.2, 0.25) is 0 Å². The van der Waals surface area contributed by atoms with Crippen molar-refractivity contribution in [2.45, 2.75) is 45.6 Å². The smallest absolute Gasteiger partial charge is 0.187 e. The fraction of sp³-hybridized carbons (Fsp3) is 0.429. The lowest BCUT2D eigenvalue weighted by Crippen LogP contribution is -2.37. The Balaban J connectivity index is 1.45. The van der Waals surface area contributed by atoms with Crippen molar-refractivity contribution in [2.75, 3.05) is 35.8 Å². The highest BCUT2D eigenvalue weighted by Gasteiger charge is 2.22. The molecule has 3 aromatic heterocycles. The van der Waals surface area contributed by atoms with Crippen molar-refractivity contribution in [1.82, 2.24) is 19.3 Å². The van der Waals surface area contributed by atoms with E-state index in [9.17, 15) is 4.21 Å². The minimum atomic E-state index is -2.39. The van der Waals surface area contributed by atoms with Gasteiger partial charge in [0, 0.05) is 60.3 Å². The second kappa shape index (κ2) is 11.6. The van der Waals surface area contributed by atoms with Gasteiger partial charge < -0.3 is 15.5 Å². The molecule has 7 nitrogen and oxygen atoms in total. The molecule has 4 rings (SSSR count). The van der Waals surface area contributed by atoms with Crippen molar-refractivity contribution >= 4 is 38.1 Å². The van der Waals surface area contributed by atoms with E-state index in [-0.39, 0.29) is 6.04 Å². The molecular weight excluding hydrogens is 500 g/mol. The van der Waals surface area contributed by atoms with E-state index >= 15 is 0 Å². The molecule has 1 aliphatic rings. The van der Waals surface area contributed by atoms with Gasteiger partial charge in [-0.2, -0.15) is 0 Å². The normalized spacial score (nSPS) is 16.2. The Bertz CT molecular complexity index is 1280. The molecule has 0 amide bonds. The number of piperidine rings is 1. The third-order valence-corrected chi connectivity index (χ3v) is 9.07. The molecule has 0 saturated carbocycles. The monoisotopic (exact) mass is 540 g/mol. The van der Waals surface area contributed by atoms with Crippen LogP contribution in [0, 0.1) is 5.92 Å². The van der Waals surface area contributed by atoms with Gasteiger partial charge in [-0.05, 0) is 53.5 Å². The second-order valence-electron chi connectivity index (χ2n) is 10.2. The molecule has 1 saturated heterocycles. The van der Waals surface area contributed by atoms with Gasteiger partial charge in [0.15, 0.2) is 5.13 Å². The number of anilines is 2. The van der Waals surface area contributed by atoms with Gasteiger partial charge in [-0.1, -0.05) is 39.5 Å². The minimum absolute atomic E-state index is 0.0520. The Morgan fingerprint density at radius 2 is 1.89 bits per heavy atom. The summed E-state index contributed by atoms with van der Waals surface area (Å²) in [6.45, 7) is 15.1. The van der Waals surface area contributed by atoms with Gasteiger partial charge in [0.25, 0.3) is 0 Å². The largest absolute Gasteiger partial charge is 0.376 e. The zero-order valence-corrected chi connectivity index (χ0v) is 24.1. The summed E-state index contributed by atoms with van der Waals surface area (Å²) in [5.41, 5.74) is 4.28. The summed E-state index contributed by atoms with van der Waals surface area (Å²) in [5, 5.41) is 9.81. The maximum absolute atomic E-state index is 12.4. The van der Waals surface area contributed by atoms with E-state index in [2.05, 4.69) is 54.7 Å². The number of hydrogen-bond donors (Lipinski definition) is 3. The lowest BCUT2D eigenvalue weighted by Gasteiger charge is -2.28. The van der Waals surface area contributed by atoms with Gasteiger partial charge in [0.05, 0.1) is 11.7 Å². The third kappa shape index (κ3) is 6.70. The quantitative estimate of drug-likeness (QED) is 0.274. The van der Waals surface area contributed by atoms with Crippen LogP contribution < -0.4 is 15.5 Å². The molecule has 0 aliphatic carbocycles. The van der Waals surface area contributed by atoms with Crippen molar-refractivity contribution in [3.05, 3.63) is 66.5 Å². The molecule has 2 unspecified atom stereocenters. The maximum atomic E-state index is 12.4. The van der Waals surface area contributed by atoms with Gasteiger partial charge in [-0.15, -0.1) is 11.3 Å². The summed E-state index contributed by atoms with van der Waals surface area (Å²) in [7, 11) is -2.39. The number of nitrogens with zero attached hydrogens (tertiary/aromatic N) is 4. The predicted octanol–water partition coefficient (Wildman–Crippen LogP) is 5.64. The van der Waals surface area contributed by atoms with E-state index in [4.69, 9.17) is 9.97 Å². The molecule has 0 spiro atoms.